The van der Waals surface area contributed by atoms with Gasteiger partial charge < -0.3 is 10.6 Å². The van der Waals surface area contributed by atoms with E-state index in [1.807, 2.05) is 51.1 Å². The molecule has 0 aromatic heterocycles. The minimum atomic E-state index is -0.730. The zero-order valence-corrected chi connectivity index (χ0v) is 14.1. The second-order valence-electron chi connectivity index (χ2n) is 5.56. The van der Waals surface area contributed by atoms with E-state index in [0.717, 1.165) is 22.3 Å². The lowest BCUT2D eigenvalue weighted by Gasteiger charge is -2.11. The third-order valence-corrected chi connectivity index (χ3v) is 3.71. The van der Waals surface area contributed by atoms with Crippen molar-refractivity contribution < 1.29 is 9.59 Å². The normalized spacial score (nSPS) is 10.3. The summed E-state index contributed by atoms with van der Waals surface area (Å²) >= 11 is 6.13. The summed E-state index contributed by atoms with van der Waals surface area (Å²) in [5.41, 5.74) is 4.32. The van der Waals surface area contributed by atoms with Crippen LogP contribution in [0.15, 0.2) is 36.4 Å². The number of rotatable bonds is 3. The maximum atomic E-state index is 12.0. The summed E-state index contributed by atoms with van der Waals surface area (Å²) in [5, 5.41) is 5.59. The molecule has 0 spiro atoms. The highest BCUT2D eigenvalue weighted by Crippen LogP contribution is 2.27. The van der Waals surface area contributed by atoms with E-state index >= 15 is 0 Å². The quantitative estimate of drug-likeness (QED) is 0.846. The van der Waals surface area contributed by atoms with E-state index in [4.69, 9.17) is 11.6 Å². The molecule has 2 aromatic rings. The van der Waals surface area contributed by atoms with E-state index in [1.165, 1.54) is 0 Å². The maximum Gasteiger partial charge on any atom is 0.313 e. The van der Waals surface area contributed by atoms with E-state index in [9.17, 15) is 9.59 Å². The van der Waals surface area contributed by atoms with Gasteiger partial charge >= 0.3 is 11.8 Å². The van der Waals surface area contributed by atoms with E-state index in [1.54, 1.807) is 6.07 Å². The van der Waals surface area contributed by atoms with Gasteiger partial charge in [0.2, 0.25) is 0 Å². The maximum absolute atomic E-state index is 12.0. The van der Waals surface area contributed by atoms with Crippen molar-refractivity contribution in [2.45, 2.75) is 27.3 Å². The van der Waals surface area contributed by atoms with Crippen molar-refractivity contribution in [2.24, 2.45) is 0 Å². The van der Waals surface area contributed by atoms with Crippen LogP contribution < -0.4 is 10.6 Å². The summed E-state index contributed by atoms with van der Waals surface area (Å²) < 4.78 is 0. The first kappa shape index (κ1) is 17.0. The molecule has 5 heteroatoms. The smallest absolute Gasteiger partial charge is 0.313 e. The average Bonchev–Trinajstić information content (AvgIpc) is 2.48. The molecule has 23 heavy (non-hydrogen) atoms. The predicted molar refractivity (Wildman–Crippen MR) is 92.6 cm³/mol. The van der Waals surface area contributed by atoms with Gasteiger partial charge in [0.15, 0.2) is 0 Å². The molecule has 0 unspecified atom stereocenters. The molecular weight excluding hydrogens is 312 g/mol. The number of aryl methyl sites for hydroxylation is 3. The van der Waals surface area contributed by atoms with Gasteiger partial charge in [-0.3, -0.25) is 9.59 Å². The molecule has 0 atom stereocenters. The lowest BCUT2D eigenvalue weighted by molar-refractivity contribution is -0.136. The standard InChI is InChI=1S/C18H19ClN2O2/c1-11-5-4-6-14(8-11)10-20-17(22)18(23)21-16-13(3)7-12(2)9-15(16)19/h4-9H,10H2,1-3H3,(H,20,22)(H,21,23). The average molecular weight is 331 g/mol. The van der Waals surface area contributed by atoms with E-state index in [0.29, 0.717) is 17.3 Å². The second-order valence-corrected chi connectivity index (χ2v) is 5.97. The molecule has 0 aliphatic heterocycles. The Bertz CT molecular complexity index is 733. The Balaban J connectivity index is 1.99. The van der Waals surface area contributed by atoms with Crippen LogP contribution in [0.25, 0.3) is 0 Å². The number of carbonyl (C=O) groups excluding carboxylic acids is 2. The van der Waals surface area contributed by atoms with Gasteiger partial charge in [-0.05, 0) is 43.5 Å². The third-order valence-electron chi connectivity index (χ3n) is 3.41. The summed E-state index contributed by atoms with van der Waals surface area (Å²) in [6.07, 6.45) is 0. The number of benzene rings is 2. The van der Waals surface area contributed by atoms with Crippen molar-refractivity contribution in [1.82, 2.24) is 5.32 Å². The molecule has 4 nitrogen and oxygen atoms in total. The Morgan fingerprint density at radius 2 is 1.74 bits per heavy atom. The van der Waals surface area contributed by atoms with Crippen LogP contribution in [0, 0.1) is 20.8 Å². The molecule has 0 fully saturated rings. The van der Waals surface area contributed by atoms with Crippen LogP contribution in [0.3, 0.4) is 0 Å². The lowest BCUT2D eigenvalue weighted by Crippen LogP contribution is -2.35. The highest BCUT2D eigenvalue weighted by molar-refractivity contribution is 6.41. The molecule has 2 N–H and O–H groups in total. The van der Waals surface area contributed by atoms with Crippen LogP contribution in [0.1, 0.15) is 22.3 Å². The van der Waals surface area contributed by atoms with E-state index in [2.05, 4.69) is 10.6 Å². The Hall–Kier alpha value is -2.33. The fraction of sp³-hybridized carbons (Fsp3) is 0.222. The zero-order chi connectivity index (χ0) is 17.0. The Kier molecular flexibility index (Phi) is 5.40. The summed E-state index contributed by atoms with van der Waals surface area (Å²) in [7, 11) is 0. The fourth-order valence-electron chi connectivity index (χ4n) is 2.33. The monoisotopic (exact) mass is 330 g/mol. The molecule has 0 radical (unpaired) electrons. The Labute approximate surface area is 140 Å². The van der Waals surface area contributed by atoms with Crippen LogP contribution in [-0.2, 0) is 16.1 Å². The van der Waals surface area contributed by atoms with Crippen molar-refractivity contribution in [3.63, 3.8) is 0 Å². The highest BCUT2D eigenvalue weighted by Gasteiger charge is 2.16. The number of amides is 2. The SMILES string of the molecule is Cc1cccc(CNC(=O)C(=O)Nc2c(C)cc(C)cc2Cl)c1. The van der Waals surface area contributed by atoms with Crippen molar-refractivity contribution in [3.05, 3.63) is 63.7 Å². The molecule has 0 saturated carbocycles. The molecule has 0 heterocycles. The molecule has 0 aliphatic carbocycles. The van der Waals surface area contributed by atoms with E-state index in [-0.39, 0.29) is 0 Å². The molecule has 0 saturated heterocycles. The van der Waals surface area contributed by atoms with Crippen molar-refractivity contribution >= 4 is 29.1 Å². The van der Waals surface area contributed by atoms with Crippen LogP contribution >= 0.6 is 11.6 Å². The fourth-order valence-corrected chi connectivity index (χ4v) is 2.70. The van der Waals surface area contributed by atoms with Gasteiger partial charge in [0, 0.05) is 6.54 Å². The number of anilines is 1. The Morgan fingerprint density at radius 3 is 2.39 bits per heavy atom. The summed E-state index contributed by atoms with van der Waals surface area (Å²) in [6.45, 7) is 6.02. The highest BCUT2D eigenvalue weighted by atomic mass is 35.5. The predicted octanol–water partition coefficient (Wildman–Crippen LogP) is 3.52. The number of hydrogen-bond acceptors (Lipinski definition) is 2. The molecule has 2 amide bonds. The Morgan fingerprint density at radius 1 is 1.00 bits per heavy atom. The largest absolute Gasteiger partial charge is 0.344 e. The minimum Gasteiger partial charge on any atom is -0.344 e. The number of nitrogens with one attached hydrogen (secondary N) is 2. The summed E-state index contributed by atoms with van der Waals surface area (Å²) in [6, 6.07) is 11.4. The first-order chi connectivity index (χ1) is 10.9. The van der Waals surface area contributed by atoms with Gasteiger partial charge in [0.05, 0.1) is 10.7 Å². The van der Waals surface area contributed by atoms with Crippen LogP contribution in [0.5, 0.6) is 0 Å². The number of hydrogen-bond donors (Lipinski definition) is 2. The van der Waals surface area contributed by atoms with Crippen LogP contribution in [-0.4, -0.2) is 11.8 Å². The summed E-state index contributed by atoms with van der Waals surface area (Å²) in [5.74, 6) is -1.42. The molecule has 0 bridgehead atoms. The molecular formula is C18H19ClN2O2. The van der Waals surface area contributed by atoms with Gasteiger partial charge in [-0.1, -0.05) is 47.5 Å². The molecule has 2 aromatic carbocycles. The van der Waals surface area contributed by atoms with E-state index < -0.39 is 11.8 Å². The second kappa shape index (κ2) is 7.29. The van der Waals surface area contributed by atoms with Crippen molar-refractivity contribution in [2.75, 3.05) is 5.32 Å². The minimum absolute atomic E-state index is 0.300. The van der Waals surface area contributed by atoms with Crippen molar-refractivity contribution in [3.8, 4) is 0 Å². The molecule has 2 rings (SSSR count). The molecule has 120 valence electrons. The third kappa shape index (κ3) is 4.57. The first-order valence-corrected chi connectivity index (χ1v) is 7.66. The lowest BCUT2D eigenvalue weighted by atomic mass is 10.1. The van der Waals surface area contributed by atoms with Gasteiger partial charge in [-0.15, -0.1) is 0 Å². The van der Waals surface area contributed by atoms with Gasteiger partial charge in [-0.2, -0.15) is 0 Å². The van der Waals surface area contributed by atoms with Gasteiger partial charge in [0.25, 0.3) is 0 Å². The number of carbonyl (C=O) groups is 2. The van der Waals surface area contributed by atoms with Crippen molar-refractivity contribution in [1.29, 1.82) is 0 Å². The van der Waals surface area contributed by atoms with Crippen LogP contribution in [0.2, 0.25) is 5.02 Å². The van der Waals surface area contributed by atoms with Crippen LogP contribution in [0.4, 0.5) is 5.69 Å². The van der Waals surface area contributed by atoms with Gasteiger partial charge in [0.1, 0.15) is 0 Å². The van der Waals surface area contributed by atoms with Gasteiger partial charge in [-0.25, -0.2) is 0 Å². The number of halogens is 1. The topological polar surface area (TPSA) is 58.2 Å². The zero-order valence-electron chi connectivity index (χ0n) is 13.4. The molecule has 0 aliphatic rings. The first-order valence-electron chi connectivity index (χ1n) is 7.28. The summed E-state index contributed by atoms with van der Waals surface area (Å²) in [4.78, 5) is 23.9.